The number of nitrogens with zero attached hydrogens (tertiary/aromatic N) is 2. The van der Waals surface area contributed by atoms with Gasteiger partial charge in [0, 0.05) is 30.7 Å². The van der Waals surface area contributed by atoms with Crippen LogP contribution in [0, 0.1) is 0 Å². The van der Waals surface area contributed by atoms with Crippen LogP contribution in [0.3, 0.4) is 0 Å². The maximum Gasteiger partial charge on any atom is 0.0702 e. The molecule has 2 aromatic rings. The molecule has 3 nitrogen and oxygen atoms in total. The summed E-state index contributed by atoms with van der Waals surface area (Å²) in [5, 5.41) is 4.72. The van der Waals surface area contributed by atoms with Crippen LogP contribution in [-0.4, -0.2) is 35.6 Å². The first-order valence-corrected chi connectivity index (χ1v) is 7.65. The van der Waals surface area contributed by atoms with Gasteiger partial charge in [-0.15, -0.1) is 12.4 Å². The molecule has 1 N–H and O–H groups in total. The van der Waals surface area contributed by atoms with E-state index in [1.54, 1.807) is 0 Å². The molecule has 0 bridgehead atoms. The maximum absolute atomic E-state index is 4.39. The van der Waals surface area contributed by atoms with Gasteiger partial charge in [0.1, 0.15) is 0 Å². The third-order valence-corrected chi connectivity index (χ3v) is 4.11. The van der Waals surface area contributed by atoms with E-state index in [0.717, 1.165) is 25.2 Å². The summed E-state index contributed by atoms with van der Waals surface area (Å²) in [6.07, 6.45) is 4.34. The van der Waals surface area contributed by atoms with Gasteiger partial charge in [0.05, 0.1) is 5.52 Å². The van der Waals surface area contributed by atoms with Crippen LogP contribution in [0.15, 0.2) is 36.5 Å². The van der Waals surface area contributed by atoms with Crippen molar-refractivity contribution in [1.29, 1.82) is 0 Å². The highest BCUT2D eigenvalue weighted by Crippen LogP contribution is 2.18. The zero-order chi connectivity index (χ0) is 13.8. The number of hydrogen-bond acceptors (Lipinski definition) is 3. The molecule has 2 heterocycles. The van der Waals surface area contributed by atoms with Gasteiger partial charge >= 0.3 is 0 Å². The molecule has 1 aromatic heterocycles. The highest BCUT2D eigenvalue weighted by atomic mass is 35.5. The van der Waals surface area contributed by atoms with Crippen molar-refractivity contribution in [1.82, 2.24) is 15.2 Å². The molecule has 0 saturated carbocycles. The molecular formula is C17H24ClN3. The van der Waals surface area contributed by atoms with Gasteiger partial charge in [0.2, 0.25) is 0 Å². The molecule has 1 atom stereocenters. The van der Waals surface area contributed by atoms with Gasteiger partial charge < -0.3 is 5.32 Å². The van der Waals surface area contributed by atoms with Crippen LogP contribution in [0.1, 0.15) is 25.3 Å². The third kappa shape index (κ3) is 3.94. The molecule has 0 radical (unpaired) electrons. The van der Waals surface area contributed by atoms with Crippen molar-refractivity contribution in [3.05, 3.63) is 42.1 Å². The first-order valence-electron chi connectivity index (χ1n) is 7.65. The number of halogens is 1. The summed E-state index contributed by atoms with van der Waals surface area (Å²) in [6.45, 7) is 6.78. The summed E-state index contributed by atoms with van der Waals surface area (Å²) in [7, 11) is 0. The molecule has 21 heavy (non-hydrogen) atoms. The summed E-state index contributed by atoms with van der Waals surface area (Å²) in [6, 6.07) is 11.5. The van der Waals surface area contributed by atoms with Gasteiger partial charge in [-0.25, -0.2) is 0 Å². The van der Waals surface area contributed by atoms with Crippen molar-refractivity contribution in [2.45, 2.75) is 32.4 Å². The standard InChI is InChI=1S/C17H23N3.ClH/c1-2-10-20(16-7-9-18-12-16)13-14-5-6-17-15(11-14)4-3-8-19-17;/h3-6,8,11,16,18H,2,7,9-10,12-13H2,1H3;1H. The Balaban J connectivity index is 0.00000161. The number of fused-ring (bicyclic) bond motifs is 1. The van der Waals surface area contributed by atoms with Crippen molar-refractivity contribution < 1.29 is 0 Å². The Hall–Kier alpha value is -1.16. The molecular weight excluding hydrogens is 282 g/mol. The van der Waals surface area contributed by atoms with Gasteiger partial charge in [-0.2, -0.15) is 0 Å². The lowest BCUT2D eigenvalue weighted by Crippen LogP contribution is -2.36. The molecule has 1 aromatic carbocycles. The van der Waals surface area contributed by atoms with Gasteiger partial charge in [-0.1, -0.05) is 19.1 Å². The molecule has 0 aliphatic carbocycles. The highest BCUT2D eigenvalue weighted by Gasteiger charge is 2.21. The number of nitrogens with one attached hydrogen (secondary N) is 1. The zero-order valence-electron chi connectivity index (χ0n) is 12.6. The summed E-state index contributed by atoms with van der Waals surface area (Å²) >= 11 is 0. The first kappa shape index (κ1) is 16.2. The fourth-order valence-corrected chi connectivity index (χ4v) is 3.09. The molecule has 1 aliphatic heterocycles. The topological polar surface area (TPSA) is 28.2 Å². The van der Waals surface area contributed by atoms with Gasteiger partial charge in [-0.3, -0.25) is 9.88 Å². The van der Waals surface area contributed by atoms with Crippen molar-refractivity contribution in [3.63, 3.8) is 0 Å². The van der Waals surface area contributed by atoms with E-state index in [0.29, 0.717) is 6.04 Å². The van der Waals surface area contributed by atoms with Gasteiger partial charge in [0.15, 0.2) is 0 Å². The quantitative estimate of drug-likeness (QED) is 0.919. The van der Waals surface area contributed by atoms with E-state index in [9.17, 15) is 0 Å². The van der Waals surface area contributed by atoms with E-state index in [2.05, 4.69) is 46.4 Å². The Bertz CT molecular complexity index is 567. The Morgan fingerprint density at radius 1 is 1.33 bits per heavy atom. The normalized spacial score (nSPS) is 18.1. The Morgan fingerprint density at radius 2 is 2.24 bits per heavy atom. The number of aromatic nitrogens is 1. The van der Waals surface area contributed by atoms with E-state index < -0.39 is 0 Å². The van der Waals surface area contributed by atoms with Gasteiger partial charge in [0.25, 0.3) is 0 Å². The van der Waals surface area contributed by atoms with Crippen LogP contribution in [0.4, 0.5) is 0 Å². The maximum atomic E-state index is 4.39. The Labute approximate surface area is 133 Å². The minimum absolute atomic E-state index is 0. The number of benzene rings is 1. The van der Waals surface area contributed by atoms with Gasteiger partial charge in [-0.05, 0) is 49.7 Å². The lowest BCUT2D eigenvalue weighted by atomic mass is 10.1. The number of rotatable bonds is 5. The summed E-state index contributed by atoms with van der Waals surface area (Å²) in [5.74, 6) is 0. The van der Waals surface area contributed by atoms with Crippen molar-refractivity contribution in [3.8, 4) is 0 Å². The number of hydrogen-bond donors (Lipinski definition) is 1. The predicted molar refractivity (Wildman–Crippen MR) is 91.0 cm³/mol. The molecule has 1 aliphatic rings. The second-order valence-corrected chi connectivity index (χ2v) is 5.65. The van der Waals surface area contributed by atoms with Crippen LogP contribution >= 0.6 is 12.4 Å². The van der Waals surface area contributed by atoms with Crippen LogP contribution in [-0.2, 0) is 6.54 Å². The molecule has 1 unspecified atom stereocenters. The lowest BCUT2D eigenvalue weighted by molar-refractivity contribution is 0.199. The average molecular weight is 306 g/mol. The van der Waals surface area contributed by atoms with Crippen LogP contribution < -0.4 is 5.32 Å². The SMILES string of the molecule is CCCN(Cc1ccc2ncccc2c1)C1CCNC1.Cl. The monoisotopic (exact) mass is 305 g/mol. The zero-order valence-corrected chi connectivity index (χ0v) is 13.4. The lowest BCUT2D eigenvalue weighted by Gasteiger charge is -2.28. The predicted octanol–water partition coefficient (Wildman–Crippen LogP) is 3.23. The highest BCUT2D eigenvalue weighted by molar-refractivity contribution is 5.85. The van der Waals surface area contributed by atoms with Crippen molar-refractivity contribution >= 4 is 23.3 Å². The van der Waals surface area contributed by atoms with E-state index in [1.807, 2.05) is 12.3 Å². The second-order valence-electron chi connectivity index (χ2n) is 5.65. The van der Waals surface area contributed by atoms with Crippen LogP contribution in [0.5, 0.6) is 0 Å². The van der Waals surface area contributed by atoms with E-state index in [1.165, 1.54) is 30.3 Å². The molecule has 4 heteroatoms. The third-order valence-electron chi connectivity index (χ3n) is 4.11. The van der Waals surface area contributed by atoms with Crippen molar-refractivity contribution in [2.75, 3.05) is 19.6 Å². The molecule has 114 valence electrons. The Kier molecular flexibility index (Phi) is 5.97. The van der Waals surface area contributed by atoms with Crippen molar-refractivity contribution in [2.24, 2.45) is 0 Å². The largest absolute Gasteiger partial charge is 0.315 e. The summed E-state index contributed by atoms with van der Waals surface area (Å²) < 4.78 is 0. The molecule has 0 spiro atoms. The Morgan fingerprint density at radius 3 is 3.00 bits per heavy atom. The van der Waals surface area contributed by atoms with E-state index in [-0.39, 0.29) is 12.4 Å². The molecule has 1 fully saturated rings. The second kappa shape index (κ2) is 7.74. The van der Waals surface area contributed by atoms with E-state index in [4.69, 9.17) is 0 Å². The minimum Gasteiger partial charge on any atom is -0.315 e. The first-order chi connectivity index (χ1) is 9.86. The molecule has 3 rings (SSSR count). The fraction of sp³-hybridized carbons (Fsp3) is 0.471. The minimum atomic E-state index is 0. The molecule has 0 amide bonds. The van der Waals surface area contributed by atoms with Crippen LogP contribution in [0.25, 0.3) is 10.9 Å². The summed E-state index contributed by atoms with van der Waals surface area (Å²) in [5.41, 5.74) is 2.48. The fourth-order valence-electron chi connectivity index (χ4n) is 3.09. The number of pyridine rings is 1. The van der Waals surface area contributed by atoms with E-state index >= 15 is 0 Å². The molecule has 1 saturated heterocycles. The average Bonchev–Trinajstić information content (AvgIpc) is 3.01. The smallest absolute Gasteiger partial charge is 0.0702 e. The van der Waals surface area contributed by atoms with Crippen LogP contribution in [0.2, 0.25) is 0 Å². The summed E-state index contributed by atoms with van der Waals surface area (Å²) in [4.78, 5) is 7.01.